The molecule has 2 aromatic carbocycles. The number of fused-ring (bicyclic) bond motifs is 2. The summed E-state index contributed by atoms with van der Waals surface area (Å²) in [4.78, 5) is 15.5. The number of ether oxygens (including phenoxy) is 1. The van der Waals surface area contributed by atoms with Crippen molar-refractivity contribution in [1.29, 1.82) is 0 Å². The molecule has 5 rings (SSSR count). The first-order chi connectivity index (χ1) is 14.5. The highest BCUT2D eigenvalue weighted by Crippen LogP contribution is 2.43. The molecule has 2 aliphatic rings. The summed E-state index contributed by atoms with van der Waals surface area (Å²) in [5.41, 5.74) is 2.71. The Kier molecular flexibility index (Phi) is 4.63. The Morgan fingerprint density at radius 3 is 2.87 bits per heavy atom. The van der Waals surface area contributed by atoms with Crippen LogP contribution in [0.1, 0.15) is 53.4 Å². The number of hydrogen-bond donors (Lipinski definition) is 1. The van der Waals surface area contributed by atoms with E-state index in [4.69, 9.17) is 9.15 Å². The molecule has 5 heteroatoms. The summed E-state index contributed by atoms with van der Waals surface area (Å²) < 4.78 is 11.9. The van der Waals surface area contributed by atoms with Crippen LogP contribution in [0.2, 0.25) is 0 Å². The first-order valence-corrected chi connectivity index (χ1v) is 10.5. The molecule has 2 aliphatic heterocycles. The molecule has 5 nitrogen and oxygen atoms in total. The zero-order valence-electron chi connectivity index (χ0n) is 17.3. The maximum Gasteiger partial charge on any atom is 0.232 e. The Hall–Kier alpha value is -3.05. The SMILES string of the molecule is Cc1cc(O)c(CN2CCCC[C@@H]2C)c2c1C(=O)/C(=C/c1cc3ccccc3o1)O2. The first kappa shape index (κ1) is 18.9. The van der Waals surface area contributed by atoms with Crippen LogP contribution in [0.15, 0.2) is 46.6 Å². The number of rotatable bonds is 3. The van der Waals surface area contributed by atoms with Gasteiger partial charge in [-0.25, -0.2) is 0 Å². The van der Waals surface area contributed by atoms with E-state index in [1.165, 1.54) is 6.42 Å². The number of aryl methyl sites for hydroxylation is 1. The number of Topliss-reactive ketones (excluding diaryl/α,β-unsaturated/α-hetero) is 1. The summed E-state index contributed by atoms with van der Waals surface area (Å²) in [6.07, 6.45) is 5.17. The largest absolute Gasteiger partial charge is 0.507 e. The summed E-state index contributed by atoms with van der Waals surface area (Å²) in [7, 11) is 0. The second-order valence-corrected chi connectivity index (χ2v) is 8.34. The summed E-state index contributed by atoms with van der Waals surface area (Å²) >= 11 is 0. The van der Waals surface area contributed by atoms with Crippen LogP contribution >= 0.6 is 0 Å². The Morgan fingerprint density at radius 2 is 2.07 bits per heavy atom. The predicted molar refractivity (Wildman–Crippen MR) is 116 cm³/mol. The number of carbonyl (C=O) groups is 1. The average molecular weight is 403 g/mol. The van der Waals surface area contributed by atoms with Gasteiger partial charge in [-0.15, -0.1) is 0 Å². The molecule has 0 amide bonds. The maximum absolute atomic E-state index is 13.1. The van der Waals surface area contributed by atoms with Gasteiger partial charge in [-0.3, -0.25) is 9.69 Å². The number of phenols is 1. The number of ketones is 1. The molecule has 0 radical (unpaired) electrons. The van der Waals surface area contributed by atoms with E-state index in [-0.39, 0.29) is 17.3 Å². The van der Waals surface area contributed by atoms with E-state index < -0.39 is 0 Å². The van der Waals surface area contributed by atoms with Crippen LogP contribution in [0.4, 0.5) is 0 Å². The van der Waals surface area contributed by atoms with Gasteiger partial charge < -0.3 is 14.3 Å². The lowest BCUT2D eigenvalue weighted by Crippen LogP contribution is -2.36. The number of furan rings is 1. The van der Waals surface area contributed by atoms with Gasteiger partial charge in [0.15, 0.2) is 5.76 Å². The van der Waals surface area contributed by atoms with Crippen molar-refractivity contribution in [2.24, 2.45) is 0 Å². The fourth-order valence-electron chi connectivity index (χ4n) is 4.53. The molecular formula is C25H25NO4. The number of aromatic hydroxyl groups is 1. The third-order valence-electron chi connectivity index (χ3n) is 6.24. The second-order valence-electron chi connectivity index (χ2n) is 8.34. The van der Waals surface area contributed by atoms with E-state index in [0.29, 0.717) is 35.2 Å². The average Bonchev–Trinajstić information content (AvgIpc) is 3.27. The maximum atomic E-state index is 13.1. The number of hydrogen-bond acceptors (Lipinski definition) is 5. The molecule has 3 aromatic rings. The molecular weight excluding hydrogens is 378 g/mol. The second kappa shape index (κ2) is 7.33. The number of allylic oxidation sites excluding steroid dienone is 1. The molecule has 1 N–H and O–H groups in total. The van der Waals surface area contributed by atoms with E-state index in [2.05, 4.69) is 11.8 Å². The smallest absolute Gasteiger partial charge is 0.232 e. The number of phenolic OH excluding ortho intramolecular Hbond substituents is 1. The van der Waals surface area contributed by atoms with Gasteiger partial charge in [0.25, 0.3) is 0 Å². The minimum Gasteiger partial charge on any atom is -0.507 e. The predicted octanol–water partition coefficient (Wildman–Crippen LogP) is 5.44. The number of benzene rings is 2. The Labute approximate surface area is 175 Å². The normalized spacial score (nSPS) is 20.7. The van der Waals surface area contributed by atoms with Gasteiger partial charge >= 0.3 is 0 Å². The molecule has 0 aliphatic carbocycles. The van der Waals surface area contributed by atoms with Crippen LogP contribution in [-0.4, -0.2) is 28.4 Å². The van der Waals surface area contributed by atoms with Gasteiger partial charge in [0.1, 0.15) is 22.8 Å². The van der Waals surface area contributed by atoms with Crippen molar-refractivity contribution in [3.8, 4) is 11.5 Å². The molecule has 0 saturated carbocycles. The Balaban J connectivity index is 1.52. The number of nitrogens with zero attached hydrogens (tertiary/aromatic N) is 1. The standard InChI is InChI=1S/C25H25NO4/c1-15-11-20(27)19(14-26-10-6-5-7-16(26)2)25-23(15)24(28)22(30-25)13-18-12-17-8-3-4-9-21(17)29-18/h3-4,8-9,11-13,16,27H,5-7,10,14H2,1-2H3/b22-13-/t16-/m0/s1. The molecule has 154 valence electrons. The Morgan fingerprint density at radius 1 is 1.23 bits per heavy atom. The molecule has 0 unspecified atom stereocenters. The lowest BCUT2D eigenvalue weighted by molar-refractivity contribution is 0.101. The summed E-state index contributed by atoms with van der Waals surface area (Å²) in [5, 5.41) is 11.6. The summed E-state index contributed by atoms with van der Waals surface area (Å²) in [6.45, 7) is 5.60. The molecule has 1 fully saturated rings. The van der Waals surface area contributed by atoms with Crippen molar-refractivity contribution in [2.75, 3.05) is 6.54 Å². The molecule has 1 aromatic heterocycles. The highest BCUT2D eigenvalue weighted by molar-refractivity contribution is 6.15. The lowest BCUT2D eigenvalue weighted by atomic mass is 9.97. The van der Waals surface area contributed by atoms with E-state index in [1.54, 1.807) is 12.1 Å². The third kappa shape index (κ3) is 3.19. The van der Waals surface area contributed by atoms with Crippen LogP contribution < -0.4 is 4.74 Å². The van der Waals surface area contributed by atoms with Gasteiger partial charge in [0, 0.05) is 24.0 Å². The van der Waals surface area contributed by atoms with Gasteiger partial charge in [0.2, 0.25) is 5.78 Å². The molecule has 0 spiro atoms. The molecule has 1 atom stereocenters. The number of para-hydroxylation sites is 1. The molecule has 1 saturated heterocycles. The summed E-state index contributed by atoms with van der Waals surface area (Å²) in [6, 6.07) is 11.7. The van der Waals surface area contributed by atoms with Crippen LogP contribution in [0.5, 0.6) is 11.5 Å². The van der Waals surface area contributed by atoms with Gasteiger partial charge in [-0.05, 0) is 57.0 Å². The fraction of sp³-hybridized carbons (Fsp3) is 0.320. The highest BCUT2D eigenvalue weighted by atomic mass is 16.5. The minimum atomic E-state index is -0.170. The van der Waals surface area contributed by atoms with E-state index in [9.17, 15) is 9.90 Å². The monoisotopic (exact) mass is 403 g/mol. The van der Waals surface area contributed by atoms with Gasteiger partial charge in [-0.2, -0.15) is 0 Å². The molecule has 0 bridgehead atoms. The third-order valence-corrected chi connectivity index (χ3v) is 6.24. The molecule has 30 heavy (non-hydrogen) atoms. The van der Waals surface area contributed by atoms with Gasteiger partial charge in [0.05, 0.1) is 11.1 Å². The van der Waals surface area contributed by atoms with Crippen LogP contribution in [0.25, 0.3) is 17.0 Å². The van der Waals surface area contributed by atoms with E-state index in [0.717, 1.165) is 35.9 Å². The number of carbonyl (C=O) groups excluding carboxylic acids is 1. The Bertz CT molecular complexity index is 1140. The van der Waals surface area contributed by atoms with Crippen molar-refractivity contribution in [2.45, 2.75) is 45.7 Å². The molecule has 3 heterocycles. The zero-order chi connectivity index (χ0) is 20.8. The van der Waals surface area contributed by atoms with Crippen LogP contribution in [-0.2, 0) is 6.54 Å². The lowest BCUT2D eigenvalue weighted by Gasteiger charge is -2.33. The number of piperidine rings is 1. The zero-order valence-corrected chi connectivity index (χ0v) is 17.3. The first-order valence-electron chi connectivity index (χ1n) is 10.5. The fourth-order valence-corrected chi connectivity index (χ4v) is 4.53. The van der Waals surface area contributed by atoms with Crippen molar-refractivity contribution in [1.82, 2.24) is 4.90 Å². The van der Waals surface area contributed by atoms with E-state index >= 15 is 0 Å². The van der Waals surface area contributed by atoms with Crippen molar-refractivity contribution in [3.05, 3.63) is 64.6 Å². The quantitative estimate of drug-likeness (QED) is 0.590. The van der Waals surface area contributed by atoms with Gasteiger partial charge in [-0.1, -0.05) is 24.6 Å². The van der Waals surface area contributed by atoms with Crippen LogP contribution in [0.3, 0.4) is 0 Å². The highest BCUT2D eigenvalue weighted by Gasteiger charge is 2.34. The summed E-state index contributed by atoms with van der Waals surface area (Å²) in [5.74, 6) is 1.29. The van der Waals surface area contributed by atoms with E-state index in [1.807, 2.05) is 37.3 Å². The van der Waals surface area contributed by atoms with Crippen molar-refractivity contribution in [3.63, 3.8) is 0 Å². The van der Waals surface area contributed by atoms with Crippen molar-refractivity contribution < 1.29 is 19.1 Å². The number of likely N-dealkylation sites (tertiary alicyclic amines) is 1. The topological polar surface area (TPSA) is 62.9 Å². The minimum absolute atomic E-state index is 0.170. The van der Waals surface area contributed by atoms with Crippen LogP contribution in [0, 0.1) is 6.92 Å². The van der Waals surface area contributed by atoms with Crippen molar-refractivity contribution >= 4 is 22.8 Å².